The predicted molar refractivity (Wildman–Crippen MR) is 120 cm³/mol. The van der Waals surface area contributed by atoms with Gasteiger partial charge >= 0.3 is 0 Å². The minimum absolute atomic E-state index is 0.427. The Morgan fingerprint density at radius 3 is 2.44 bits per heavy atom. The van der Waals surface area contributed by atoms with Crippen LogP contribution in [0.4, 0.5) is 0 Å². The number of hydrogen-bond donors (Lipinski definition) is 3. The van der Waals surface area contributed by atoms with Gasteiger partial charge in [-0.25, -0.2) is 15.0 Å². The first-order chi connectivity index (χ1) is 14.8. The van der Waals surface area contributed by atoms with Crippen molar-refractivity contribution < 1.29 is 23.0 Å². The highest BCUT2D eigenvalue weighted by Crippen LogP contribution is 2.31. The standard InChI is InChI=1S/C20H21N5O2.CH4O3S/c1-20(2,3)25(27)19(26)12-5-6-17-13(9-12)14(11-24(17)4)16-10-22-18-15(23-16)7-8-21-18;1-5(2,3)4/h5-11,23,27H,1-4H3;1H3,(H,2,3,4). The molecule has 0 saturated carbocycles. The zero-order valence-corrected chi connectivity index (χ0v) is 19.2. The van der Waals surface area contributed by atoms with Gasteiger partial charge in [-0.3, -0.25) is 14.6 Å². The van der Waals surface area contributed by atoms with E-state index in [9.17, 15) is 18.4 Å². The van der Waals surface area contributed by atoms with E-state index in [1.807, 2.05) is 36.0 Å². The zero-order chi connectivity index (χ0) is 23.8. The fraction of sp³-hybridized carbons (Fsp3) is 0.286. The molecule has 3 heterocycles. The van der Waals surface area contributed by atoms with Crippen molar-refractivity contribution in [2.24, 2.45) is 7.05 Å². The van der Waals surface area contributed by atoms with Crippen LogP contribution in [-0.2, 0) is 17.2 Å². The van der Waals surface area contributed by atoms with Crippen molar-refractivity contribution in [3.63, 3.8) is 0 Å². The Kier molecular flexibility index (Phi) is 6.09. The molecule has 2 aliphatic heterocycles. The number of fused-ring (bicyclic) bond motifs is 2. The molecule has 2 aromatic rings. The summed E-state index contributed by atoms with van der Waals surface area (Å²) in [5.74, 6) is 0.230. The first-order valence-corrected chi connectivity index (χ1v) is 11.5. The van der Waals surface area contributed by atoms with Gasteiger partial charge in [0.2, 0.25) is 0 Å². The molecule has 3 N–H and O–H groups in total. The van der Waals surface area contributed by atoms with Crippen LogP contribution in [0.2, 0.25) is 0 Å². The highest BCUT2D eigenvalue weighted by atomic mass is 32.2. The van der Waals surface area contributed by atoms with Crippen molar-refractivity contribution >= 4 is 26.9 Å². The topological polar surface area (TPSA) is 141 Å². The van der Waals surface area contributed by atoms with E-state index in [-0.39, 0.29) is 0 Å². The zero-order valence-electron chi connectivity index (χ0n) is 18.4. The third-order valence-corrected chi connectivity index (χ3v) is 4.62. The van der Waals surface area contributed by atoms with E-state index >= 15 is 0 Å². The molecular weight excluding hydrogens is 434 g/mol. The molecule has 11 heteroatoms. The van der Waals surface area contributed by atoms with Crippen LogP contribution in [0.5, 0.6) is 0 Å². The van der Waals surface area contributed by atoms with Gasteiger partial charge in [-0.15, -0.1) is 0 Å². The van der Waals surface area contributed by atoms with Crippen LogP contribution in [0.1, 0.15) is 31.1 Å². The number of nitrogens with one attached hydrogen (secondary N) is 1. The van der Waals surface area contributed by atoms with Crippen molar-refractivity contribution in [3.8, 4) is 22.8 Å². The third kappa shape index (κ3) is 5.13. The van der Waals surface area contributed by atoms with Gasteiger partial charge in [-0.1, -0.05) is 0 Å². The Balaban J connectivity index is 0.000000523. The van der Waals surface area contributed by atoms with Gasteiger partial charge in [0.15, 0.2) is 5.82 Å². The number of carbonyl (C=O) groups excluding carboxylic acids is 1. The molecule has 0 fully saturated rings. The molecule has 0 aliphatic carbocycles. The number of H-pyrrole nitrogens is 1. The van der Waals surface area contributed by atoms with Crippen molar-refractivity contribution in [2.45, 2.75) is 26.3 Å². The van der Waals surface area contributed by atoms with Gasteiger partial charge in [-0.05, 0) is 45.0 Å². The second-order valence-corrected chi connectivity index (χ2v) is 9.85. The average molecular weight is 460 g/mol. The Morgan fingerprint density at radius 2 is 1.81 bits per heavy atom. The van der Waals surface area contributed by atoms with Crippen molar-refractivity contribution in [3.05, 3.63) is 48.4 Å². The van der Waals surface area contributed by atoms with E-state index in [0.29, 0.717) is 17.6 Å². The van der Waals surface area contributed by atoms with Crippen LogP contribution < -0.4 is 0 Å². The van der Waals surface area contributed by atoms with E-state index < -0.39 is 21.6 Å². The van der Waals surface area contributed by atoms with Gasteiger partial charge in [0.1, 0.15) is 0 Å². The van der Waals surface area contributed by atoms with Crippen LogP contribution >= 0.6 is 0 Å². The number of rotatable bonds is 2. The van der Waals surface area contributed by atoms with E-state index in [1.54, 1.807) is 39.2 Å². The number of aromatic nitrogens is 4. The molecule has 0 spiro atoms. The third-order valence-electron chi connectivity index (χ3n) is 4.62. The van der Waals surface area contributed by atoms with Gasteiger partial charge in [-0.2, -0.15) is 8.42 Å². The Bertz CT molecular complexity index is 1340. The molecule has 1 aromatic carbocycles. The summed E-state index contributed by atoms with van der Waals surface area (Å²) in [6, 6.07) is 7.30. The summed E-state index contributed by atoms with van der Waals surface area (Å²) in [5, 5.41) is 11.9. The Hall–Kier alpha value is -3.28. The molecule has 1 amide bonds. The molecule has 4 rings (SSSR count). The normalized spacial score (nSPS) is 12.0. The number of aromatic amines is 1. The Morgan fingerprint density at radius 1 is 1.16 bits per heavy atom. The summed E-state index contributed by atoms with van der Waals surface area (Å²) < 4.78 is 27.9. The highest BCUT2D eigenvalue weighted by Gasteiger charge is 2.26. The van der Waals surface area contributed by atoms with E-state index in [2.05, 4.69) is 15.0 Å². The van der Waals surface area contributed by atoms with E-state index in [4.69, 9.17) is 4.55 Å². The fourth-order valence-corrected chi connectivity index (χ4v) is 3.13. The number of carbonyl (C=O) groups is 1. The predicted octanol–water partition coefficient (Wildman–Crippen LogP) is 3.20. The molecule has 0 unspecified atom stereocenters. The summed E-state index contributed by atoms with van der Waals surface area (Å²) >= 11 is 0. The van der Waals surface area contributed by atoms with Crippen molar-refractivity contribution in [2.75, 3.05) is 6.26 Å². The van der Waals surface area contributed by atoms with Crippen LogP contribution in [0, 0.1) is 0 Å². The second-order valence-electron chi connectivity index (χ2n) is 8.39. The van der Waals surface area contributed by atoms with Crippen LogP contribution in [0.3, 0.4) is 0 Å². The molecular formula is C21H25N5O5S. The summed E-state index contributed by atoms with van der Waals surface area (Å²) in [6.45, 7) is 5.34. The van der Waals surface area contributed by atoms with Crippen LogP contribution in [0.15, 0.2) is 42.9 Å². The lowest BCUT2D eigenvalue weighted by molar-refractivity contribution is -0.114. The monoisotopic (exact) mass is 459 g/mol. The SMILES string of the molecule is CS(=O)(=O)O.Cn1cc(-c2cnc3nccc-3[nH]2)c2cc(C(=O)N(O)C(C)(C)C)ccc21. The molecule has 0 atom stereocenters. The fourth-order valence-electron chi connectivity index (χ4n) is 3.13. The average Bonchev–Trinajstić information content (AvgIpc) is 3.28. The first kappa shape index (κ1) is 23.4. The minimum atomic E-state index is -3.67. The first-order valence-electron chi connectivity index (χ1n) is 9.61. The molecule has 0 radical (unpaired) electrons. The summed E-state index contributed by atoms with van der Waals surface area (Å²) in [5.41, 5.74) is 3.35. The molecule has 2 aliphatic rings. The van der Waals surface area contributed by atoms with Gasteiger partial charge in [0.05, 0.1) is 29.4 Å². The lowest BCUT2D eigenvalue weighted by atomic mass is 10.0. The Labute approximate surface area is 185 Å². The number of hydroxylamine groups is 2. The quantitative estimate of drug-likeness (QED) is 0.237. The van der Waals surface area contributed by atoms with Crippen LogP contribution in [0.25, 0.3) is 33.7 Å². The smallest absolute Gasteiger partial charge is 0.277 e. The summed E-state index contributed by atoms with van der Waals surface area (Å²) in [7, 11) is -1.71. The lowest BCUT2D eigenvalue weighted by Crippen LogP contribution is -2.43. The van der Waals surface area contributed by atoms with Gasteiger partial charge in [0, 0.05) is 41.5 Å². The van der Waals surface area contributed by atoms with Crippen molar-refractivity contribution in [1.82, 2.24) is 24.6 Å². The maximum absolute atomic E-state index is 12.7. The summed E-state index contributed by atoms with van der Waals surface area (Å²) in [6.07, 6.45) is 6.16. The van der Waals surface area contributed by atoms with Crippen LogP contribution in [-0.4, -0.2) is 60.5 Å². The lowest BCUT2D eigenvalue weighted by Gasteiger charge is -2.29. The maximum Gasteiger partial charge on any atom is 0.277 e. The van der Waals surface area contributed by atoms with Gasteiger partial charge in [0.25, 0.3) is 16.0 Å². The molecule has 1 aromatic heterocycles. The number of amides is 1. The van der Waals surface area contributed by atoms with E-state index in [1.165, 1.54) is 0 Å². The van der Waals surface area contributed by atoms with E-state index in [0.717, 1.165) is 32.9 Å². The highest BCUT2D eigenvalue weighted by molar-refractivity contribution is 7.85. The second kappa shape index (κ2) is 8.34. The summed E-state index contributed by atoms with van der Waals surface area (Å²) in [4.78, 5) is 24.6. The molecule has 0 bridgehead atoms. The number of hydrogen-bond acceptors (Lipinski definition) is 6. The molecule has 170 valence electrons. The maximum atomic E-state index is 12.7. The number of benzene rings is 1. The largest absolute Gasteiger partial charge is 0.351 e. The molecule has 32 heavy (non-hydrogen) atoms. The molecule has 0 saturated heterocycles. The minimum Gasteiger partial charge on any atom is -0.351 e. The van der Waals surface area contributed by atoms with Gasteiger partial charge < -0.3 is 9.55 Å². The number of aryl methyl sites for hydroxylation is 1. The van der Waals surface area contributed by atoms with Crippen molar-refractivity contribution in [1.29, 1.82) is 0 Å². The molecule has 10 nitrogen and oxygen atoms in total. The number of nitrogens with zero attached hydrogens (tertiary/aromatic N) is 4.